The number of carbonyl (C=O) groups excluding carboxylic acids is 2. The predicted octanol–water partition coefficient (Wildman–Crippen LogP) is 1.80. The zero-order valence-electron chi connectivity index (χ0n) is 14.6. The SMILES string of the molecule is O=C(NCCc1nc(-c2ccccc2)no1)C1CCC(=O)N(C2CC2)C1. The van der Waals surface area contributed by atoms with Gasteiger partial charge in [0.15, 0.2) is 0 Å². The lowest BCUT2D eigenvalue weighted by Crippen LogP contribution is -2.46. The first-order valence-electron chi connectivity index (χ1n) is 9.16. The van der Waals surface area contributed by atoms with Gasteiger partial charge in [0.25, 0.3) is 0 Å². The van der Waals surface area contributed by atoms with Gasteiger partial charge in [0.1, 0.15) is 0 Å². The first kappa shape index (κ1) is 16.8. The van der Waals surface area contributed by atoms with Crippen LogP contribution in [0.15, 0.2) is 34.9 Å². The molecule has 0 bridgehead atoms. The molecule has 2 fully saturated rings. The summed E-state index contributed by atoms with van der Waals surface area (Å²) in [5.74, 6) is 1.14. The number of benzene rings is 1. The molecule has 2 aromatic rings. The van der Waals surface area contributed by atoms with Gasteiger partial charge < -0.3 is 14.7 Å². The molecule has 2 heterocycles. The molecule has 1 atom stereocenters. The highest BCUT2D eigenvalue weighted by molar-refractivity contribution is 5.84. The Balaban J connectivity index is 1.26. The van der Waals surface area contributed by atoms with E-state index in [2.05, 4.69) is 15.5 Å². The molecule has 26 heavy (non-hydrogen) atoms. The van der Waals surface area contributed by atoms with E-state index in [1.54, 1.807) is 0 Å². The highest BCUT2D eigenvalue weighted by atomic mass is 16.5. The van der Waals surface area contributed by atoms with Gasteiger partial charge in [-0.25, -0.2) is 0 Å². The molecule has 1 aromatic heterocycles. The maximum Gasteiger partial charge on any atom is 0.228 e. The van der Waals surface area contributed by atoms with E-state index < -0.39 is 0 Å². The molecular weight excluding hydrogens is 332 g/mol. The Kier molecular flexibility index (Phi) is 4.69. The van der Waals surface area contributed by atoms with Gasteiger partial charge in [-0.15, -0.1) is 0 Å². The molecule has 2 aliphatic rings. The molecular formula is C19H22N4O3. The van der Waals surface area contributed by atoms with E-state index in [1.165, 1.54) is 0 Å². The minimum absolute atomic E-state index is 0.00551. The Morgan fingerprint density at radius 1 is 1.23 bits per heavy atom. The lowest BCUT2D eigenvalue weighted by atomic mass is 9.96. The van der Waals surface area contributed by atoms with Crippen LogP contribution in [0.1, 0.15) is 31.6 Å². The monoisotopic (exact) mass is 354 g/mol. The number of nitrogens with zero attached hydrogens (tertiary/aromatic N) is 3. The van der Waals surface area contributed by atoms with Crippen molar-refractivity contribution in [3.05, 3.63) is 36.2 Å². The molecule has 7 nitrogen and oxygen atoms in total. The predicted molar refractivity (Wildman–Crippen MR) is 93.9 cm³/mol. The third-order valence-electron chi connectivity index (χ3n) is 4.94. The molecule has 1 aliphatic heterocycles. The van der Waals surface area contributed by atoms with Gasteiger partial charge in [0.05, 0.1) is 5.92 Å². The summed E-state index contributed by atoms with van der Waals surface area (Å²) in [4.78, 5) is 30.6. The maximum atomic E-state index is 12.4. The molecule has 0 spiro atoms. The zero-order chi connectivity index (χ0) is 17.9. The Bertz CT molecular complexity index is 785. The van der Waals surface area contributed by atoms with E-state index in [0.717, 1.165) is 18.4 Å². The van der Waals surface area contributed by atoms with Crippen molar-refractivity contribution in [1.29, 1.82) is 0 Å². The van der Waals surface area contributed by atoms with Gasteiger partial charge in [-0.3, -0.25) is 9.59 Å². The number of piperidine rings is 1. The van der Waals surface area contributed by atoms with E-state index in [4.69, 9.17) is 4.52 Å². The van der Waals surface area contributed by atoms with Crippen molar-refractivity contribution in [2.45, 2.75) is 38.1 Å². The van der Waals surface area contributed by atoms with Crippen LogP contribution in [0.25, 0.3) is 11.4 Å². The summed E-state index contributed by atoms with van der Waals surface area (Å²) in [6.07, 6.45) is 3.73. The van der Waals surface area contributed by atoms with Gasteiger partial charge >= 0.3 is 0 Å². The summed E-state index contributed by atoms with van der Waals surface area (Å²) in [6, 6.07) is 9.99. The third kappa shape index (κ3) is 3.76. The van der Waals surface area contributed by atoms with Gasteiger partial charge in [0, 0.05) is 37.5 Å². The summed E-state index contributed by atoms with van der Waals surface area (Å²) in [5, 5.41) is 6.92. The molecule has 7 heteroatoms. The number of aromatic nitrogens is 2. The van der Waals surface area contributed by atoms with Crippen molar-refractivity contribution in [1.82, 2.24) is 20.4 Å². The average Bonchev–Trinajstić information content (AvgIpc) is 3.40. The van der Waals surface area contributed by atoms with Crippen LogP contribution in [0.2, 0.25) is 0 Å². The molecule has 2 amide bonds. The van der Waals surface area contributed by atoms with Crippen LogP contribution >= 0.6 is 0 Å². The lowest BCUT2D eigenvalue weighted by Gasteiger charge is -2.32. The van der Waals surface area contributed by atoms with E-state index in [1.807, 2.05) is 35.2 Å². The molecule has 1 unspecified atom stereocenters. The van der Waals surface area contributed by atoms with Gasteiger partial charge in [-0.2, -0.15) is 4.98 Å². The summed E-state index contributed by atoms with van der Waals surface area (Å²) in [5.41, 5.74) is 0.901. The van der Waals surface area contributed by atoms with E-state index in [0.29, 0.717) is 50.1 Å². The highest BCUT2D eigenvalue weighted by Crippen LogP contribution is 2.31. The van der Waals surface area contributed by atoms with E-state index >= 15 is 0 Å². The van der Waals surface area contributed by atoms with Crippen molar-refractivity contribution in [2.75, 3.05) is 13.1 Å². The summed E-state index contributed by atoms with van der Waals surface area (Å²) < 4.78 is 5.25. The molecule has 0 radical (unpaired) electrons. The second-order valence-corrected chi connectivity index (χ2v) is 6.93. The second-order valence-electron chi connectivity index (χ2n) is 6.93. The Labute approximate surface area is 151 Å². The van der Waals surface area contributed by atoms with Crippen LogP contribution in [-0.2, 0) is 16.0 Å². The fourth-order valence-electron chi connectivity index (χ4n) is 3.32. The average molecular weight is 354 g/mol. The summed E-state index contributed by atoms with van der Waals surface area (Å²) >= 11 is 0. The lowest BCUT2D eigenvalue weighted by molar-refractivity contribution is -0.138. The second kappa shape index (κ2) is 7.27. The van der Waals surface area contributed by atoms with Gasteiger partial charge in [-0.05, 0) is 19.3 Å². The number of carbonyl (C=O) groups is 2. The highest BCUT2D eigenvalue weighted by Gasteiger charge is 2.38. The van der Waals surface area contributed by atoms with Crippen molar-refractivity contribution < 1.29 is 14.1 Å². The minimum atomic E-state index is -0.115. The van der Waals surface area contributed by atoms with Crippen LogP contribution in [-0.4, -0.2) is 46.0 Å². The van der Waals surface area contributed by atoms with Crippen LogP contribution in [0.5, 0.6) is 0 Å². The van der Waals surface area contributed by atoms with Crippen LogP contribution in [0, 0.1) is 5.92 Å². The molecule has 4 rings (SSSR count). The maximum absolute atomic E-state index is 12.4. The fourth-order valence-corrected chi connectivity index (χ4v) is 3.32. The topological polar surface area (TPSA) is 88.3 Å². The number of nitrogens with one attached hydrogen (secondary N) is 1. The number of likely N-dealkylation sites (tertiary alicyclic amines) is 1. The fraction of sp³-hybridized carbons (Fsp3) is 0.474. The number of rotatable bonds is 6. The number of hydrogen-bond acceptors (Lipinski definition) is 5. The smallest absolute Gasteiger partial charge is 0.228 e. The van der Waals surface area contributed by atoms with Crippen molar-refractivity contribution in [3.63, 3.8) is 0 Å². The third-order valence-corrected chi connectivity index (χ3v) is 4.94. The van der Waals surface area contributed by atoms with Crippen molar-refractivity contribution >= 4 is 11.8 Å². The van der Waals surface area contributed by atoms with Crippen LogP contribution < -0.4 is 5.32 Å². The quantitative estimate of drug-likeness (QED) is 0.854. The Hall–Kier alpha value is -2.70. The minimum Gasteiger partial charge on any atom is -0.355 e. The normalized spacial score (nSPS) is 20.2. The van der Waals surface area contributed by atoms with E-state index in [-0.39, 0.29) is 17.7 Å². The molecule has 1 N–H and O–H groups in total. The molecule has 1 aliphatic carbocycles. The standard InChI is InChI=1S/C19H22N4O3/c24-17-9-6-14(12-23(17)15-7-8-15)19(25)20-11-10-16-21-18(22-26-16)13-4-2-1-3-5-13/h1-5,14-15H,6-12H2,(H,20,25). The Morgan fingerprint density at radius 2 is 2.04 bits per heavy atom. The van der Waals surface area contributed by atoms with Crippen molar-refractivity contribution in [3.8, 4) is 11.4 Å². The molecule has 1 aromatic carbocycles. The number of hydrogen-bond donors (Lipinski definition) is 1. The summed E-state index contributed by atoms with van der Waals surface area (Å²) in [7, 11) is 0. The van der Waals surface area contributed by atoms with Crippen molar-refractivity contribution in [2.24, 2.45) is 5.92 Å². The van der Waals surface area contributed by atoms with E-state index in [9.17, 15) is 9.59 Å². The number of amides is 2. The van der Waals surface area contributed by atoms with Crippen LogP contribution in [0.4, 0.5) is 0 Å². The van der Waals surface area contributed by atoms with Gasteiger partial charge in [0.2, 0.25) is 23.5 Å². The summed E-state index contributed by atoms with van der Waals surface area (Å²) in [6.45, 7) is 0.997. The Morgan fingerprint density at radius 3 is 2.81 bits per heavy atom. The van der Waals surface area contributed by atoms with Crippen LogP contribution in [0.3, 0.4) is 0 Å². The first-order valence-corrected chi connectivity index (χ1v) is 9.16. The zero-order valence-corrected chi connectivity index (χ0v) is 14.6. The van der Waals surface area contributed by atoms with Gasteiger partial charge in [-0.1, -0.05) is 35.5 Å². The molecule has 1 saturated carbocycles. The molecule has 136 valence electrons. The largest absolute Gasteiger partial charge is 0.355 e. The first-order chi connectivity index (χ1) is 12.7. The molecule has 1 saturated heterocycles.